The van der Waals surface area contributed by atoms with Crippen molar-refractivity contribution in [2.45, 2.75) is 39.7 Å². The molecule has 0 aromatic carbocycles. The summed E-state index contributed by atoms with van der Waals surface area (Å²) in [6.45, 7) is 4.97. The van der Waals surface area contributed by atoms with Gasteiger partial charge in [0.1, 0.15) is 5.82 Å². The first kappa shape index (κ1) is 11.7. The van der Waals surface area contributed by atoms with E-state index in [1.165, 1.54) is 0 Å². The molecule has 0 aliphatic heterocycles. The second-order valence-corrected chi connectivity index (χ2v) is 3.93. The standard InChI is InChI=1S/C12H17N5/c1-3-12-13-7-10(8-14-12)5-6-11-9-17(4-2)16-15-11/h7-9H,3-6H2,1-2H3. The van der Waals surface area contributed by atoms with Gasteiger partial charge in [-0.2, -0.15) is 0 Å². The minimum Gasteiger partial charge on any atom is -0.253 e. The van der Waals surface area contributed by atoms with Gasteiger partial charge in [0.15, 0.2) is 0 Å². The maximum absolute atomic E-state index is 4.28. The third-order valence-corrected chi connectivity index (χ3v) is 2.65. The number of aromatic nitrogens is 5. The topological polar surface area (TPSA) is 56.5 Å². The summed E-state index contributed by atoms with van der Waals surface area (Å²) in [5.41, 5.74) is 2.17. The number of nitrogens with zero attached hydrogens (tertiary/aromatic N) is 5. The van der Waals surface area contributed by atoms with E-state index in [4.69, 9.17) is 0 Å². The first-order valence-corrected chi connectivity index (χ1v) is 6.00. The highest BCUT2D eigenvalue weighted by molar-refractivity contribution is 5.08. The van der Waals surface area contributed by atoms with Gasteiger partial charge in [-0.15, -0.1) is 5.10 Å². The monoisotopic (exact) mass is 231 g/mol. The Morgan fingerprint density at radius 3 is 2.47 bits per heavy atom. The Morgan fingerprint density at radius 1 is 1.12 bits per heavy atom. The SMILES string of the molecule is CCc1ncc(CCc2cn(CC)nn2)cn1. The van der Waals surface area contributed by atoms with Crippen LogP contribution in [0.3, 0.4) is 0 Å². The number of hydrogen-bond acceptors (Lipinski definition) is 4. The smallest absolute Gasteiger partial charge is 0.127 e. The van der Waals surface area contributed by atoms with Crippen molar-refractivity contribution in [1.82, 2.24) is 25.0 Å². The molecule has 5 nitrogen and oxygen atoms in total. The normalized spacial score (nSPS) is 10.7. The summed E-state index contributed by atoms with van der Waals surface area (Å²) in [5, 5.41) is 8.12. The minimum absolute atomic E-state index is 0.862. The van der Waals surface area contributed by atoms with E-state index in [1.807, 2.05) is 23.3 Å². The fraction of sp³-hybridized carbons (Fsp3) is 0.500. The van der Waals surface area contributed by atoms with Gasteiger partial charge in [-0.1, -0.05) is 12.1 Å². The maximum Gasteiger partial charge on any atom is 0.127 e. The van der Waals surface area contributed by atoms with Crippen molar-refractivity contribution in [3.05, 3.63) is 35.7 Å². The van der Waals surface area contributed by atoms with Crippen LogP contribution < -0.4 is 0 Å². The summed E-state index contributed by atoms with van der Waals surface area (Å²) < 4.78 is 1.84. The molecule has 0 unspecified atom stereocenters. The van der Waals surface area contributed by atoms with E-state index in [1.54, 1.807) is 0 Å². The molecule has 0 aliphatic carbocycles. The summed E-state index contributed by atoms with van der Waals surface area (Å²) in [7, 11) is 0. The number of aryl methyl sites for hydroxylation is 4. The average molecular weight is 231 g/mol. The third kappa shape index (κ3) is 3.09. The Kier molecular flexibility index (Phi) is 3.80. The maximum atomic E-state index is 4.28. The zero-order valence-electron chi connectivity index (χ0n) is 10.3. The summed E-state index contributed by atoms with van der Waals surface area (Å²) in [6, 6.07) is 0. The zero-order chi connectivity index (χ0) is 12.1. The van der Waals surface area contributed by atoms with Crippen molar-refractivity contribution in [3.63, 3.8) is 0 Å². The van der Waals surface area contributed by atoms with Crippen LogP contribution in [-0.2, 0) is 25.8 Å². The molecule has 0 fully saturated rings. The molecular weight excluding hydrogens is 214 g/mol. The second kappa shape index (κ2) is 5.52. The molecule has 0 N–H and O–H groups in total. The van der Waals surface area contributed by atoms with Crippen LogP contribution in [0.5, 0.6) is 0 Å². The molecule has 0 atom stereocenters. The van der Waals surface area contributed by atoms with Gasteiger partial charge in [0.05, 0.1) is 5.69 Å². The van der Waals surface area contributed by atoms with E-state index in [9.17, 15) is 0 Å². The summed E-state index contributed by atoms with van der Waals surface area (Å²) >= 11 is 0. The molecule has 17 heavy (non-hydrogen) atoms. The van der Waals surface area contributed by atoms with E-state index in [0.29, 0.717) is 0 Å². The number of rotatable bonds is 5. The largest absolute Gasteiger partial charge is 0.253 e. The average Bonchev–Trinajstić information content (AvgIpc) is 2.85. The lowest BCUT2D eigenvalue weighted by atomic mass is 10.1. The van der Waals surface area contributed by atoms with Gasteiger partial charge in [0.2, 0.25) is 0 Å². The molecule has 90 valence electrons. The van der Waals surface area contributed by atoms with E-state index in [0.717, 1.165) is 42.9 Å². The van der Waals surface area contributed by atoms with Crippen LogP contribution in [0.25, 0.3) is 0 Å². The first-order valence-electron chi connectivity index (χ1n) is 6.00. The molecule has 0 radical (unpaired) electrons. The van der Waals surface area contributed by atoms with Crippen molar-refractivity contribution in [1.29, 1.82) is 0 Å². The predicted octanol–water partition coefficient (Wildman–Crippen LogP) is 1.44. The van der Waals surface area contributed by atoms with Crippen LogP contribution in [0.2, 0.25) is 0 Å². The van der Waals surface area contributed by atoms with Gasteiger partial charge in [-0.05, 0) is 25.3 Å². The summed E-state index contributed by atoms with van der Waals surface area (Å²) in [5.74, 6) is 0.894. The molecular formula is C12H17N5. The Morgan fingerprint density at radius 2 is 1.88 bits per heavy atom. The van der Waals surface area contributed by atoms with Crippen molar-refractivity contribution in [3.8, 4) is 0 Å². The molecule has 0 bridgehead atoms. The zero-order valence-corrected chi connectivity index (χ0v) is 10.3. The van der Waals surface area contributed by atoms with E-state index >= 15 is 0 Å². The lowest BCUT2D eigenvalue weighted by molar-refractivity contribution is 0.626. The summed E-state index contributed by atoms with van der Waals surface area (Å²) in [4.78, 5) is 8.56. The van der Waals surface area contributed by atoms with E-state index < -0.39 is 0 Å². The highest BCUT2D eigenvalue weighted by Crippen LogP contribution is 2.03. The molecule has 0 spiro atoms. The molecule has 2 aromatic rings. The van der Waals surface area contributed by atoms with Gasteiger partial charge < -0.3 is 0 Å². The lowest BCUT2D eigenvalue weighted by Crippen LogP contribution is -1.97. The Balaban J connectivity index is 1.92. The van der Waals surface area contributed by atoms with Crippen LogP contribution in [0.15, 0.2) is 18.6 Å². The molecule has 0 aliphatic rings. The molecule has 2 rings (SSSR count). The van der Waals surface area contributed by atoms with Crippen LogP contribution in [0.1, 0.15) is 30.9 Å². The Bertz CT molecular complexity index is 460. The van der Waals surface area contributed by atoms with Crippen molar-refractivity contribution >= 4 is 0 Å². The van der Waals surface area contributed by atoms with Gasteiger partial charge in [0, 0.05) is 31.6 Å². The highest BCUT2D eigenvalue weighted by atomic mass is 15.4. The van der Waals surface area contributed by atoms with Gasteiger partial charge in [-0.3, -0.25) is 4.68 Å². The number of hydrogen-bond donors (Lipinski definition) is 0. The van der Waals surface area contributed by atoms with Crippen LogP contribution in [0, 0.1) is 0 Å². The van der Waals surface area contributed by atoms with Gasteiger partial charge >= 0.3 is 0 Å². The van der Waals surface area contributed by atoms with Gasteiger partial charge in [0.25, 0.3) is 0 Å². The minimum atomic E-state index is 0.862. The molecule has 0 saturated heterocycles. The second-order valence-electron chi connectivity index (χ2n) is 3.93. The Labute approximate surface area is 101 Å². The lowest BCUT2D eigenvalue weighted by Gasteiger charge is -1.99. The molecule has 0 amide bonds. The quantitative estimate of drug-likeness (QED) is 0.781. The Hall–Kier alpha value is -1.78. The van der Waals surface area contributed by atoms with E-state index in [-0.39, 0.29) is 0 Å². The molecule has 5 heteroatoms. The summed E-state index contributed by atoms with van der Waals surface area (Å²) in [6.07, 6.45) is 8.46. The highest BCUT2D eigenvalue weighted by Gasteiger charge is 2.01. The van der Waals surface area contributed by atoms with Gasteiger partial charge in [-0.25, -0.2) is 9.97 Å². The molecule has 2 aromatic heterocycles. The van der Waals surface area contributed by atoms with Crippen molar-refractivity contribution in [2.75, 3.05) is 0 Å². The van der Waals surface area contributed by atoms with Crippen LogP contribution in [0.4, 0.5) is 0 Å². The predicted molar refractivity (Wildman–Crippen MR) is 64.5 cm³/mol. The van der Waals surface area contributed by atoms with E-state index in [2.05, 4.69) is 34.1 Å². The van der Waals surface area contributed by atoms with Crippen LogP contribution >= 0.6 is 0 Å². The van der Waals surface area contributed by atoms with Crippen LogP contribution in [-0.4, -0.2) is 25.0 Å². The third-order valence-electron chi connectivity index (χ3n) is 2.65. The fourth-order valence-electron chi connectivity index (χ4n) is 1.57. The van der Waals surface area contributed by atoms with Crippen molar-refractivity contribution in [2.24, 2.45) is 0 Å². The fourth-order valence-corrected chi connectivity index (χ4v) is 1.57. The first-order chi connectivity index (χ1) is 8.31. The molecule has 2 heterocycles. The molecule has 0 saturated carbocycles. The van der Waals surface area contributed by atoms with Crippen molar-refractivity contribution < 1.29 is 0 Å².